The van der Waals surface area contributed by atoms with E-state index in [4.69, 9.17) is 9.47 Å². The molecule has 1 N–H and O–H groups in total. The number of nitrogens with zero attached hydrogens (tertiary/aromatic N) is 1. The lowest BCUT2D eigenvalue weighted by Crippen LogP contribution is -2.32. The van der Waals surface area contributed by atoms with Crippen LogP contribution < -0.4 is 14.4 Å². The third-order valence-corrected chi connectivity index (χ3v) is 5.96. The lowest BCUT2D eigenvalue weighted by atomic mass is 9.92. The lowest BCUT2D eigenvalue weighted by molar-refractivity contribution is -0.118. The van der Waals surface area contributed by atoms with Gasteiger partial charge in [-0.05, 0) is 48.7 Å². The lowest BCUT2D eigenvalue weighted by Gasteiger charge is -2.28. The molecule has 1 aliphatic rings. The Bertz CT molecular complexity index is 1320. The number of hydrogen-bond acceptors (Lipinski definition) is 5. The third kappa shape index (κ3) is 4.79. The Kier molecular flexibility index (Phi) is 7.33. The average molecular weight is 494 g/mol. The summed E-state index contributed by atoms with van der Waals surface area (Å²) in [5.74, 6) is -3.17. The number of halogens is 2. The van der Waals surface area contributed by atoms with Crippen molar-refractivity contribution in [3.63, 3.8) is 0 Å². The molecule has 0 spiro atoms. The van der Waals surface area contributed by atoms with Gasteiger partial charge in [0.1, 0.15) is 11.6 Å². The fourth-order valence-corrected chi connectivity index (χ4v) is 4.29. The Balaban J connectivity index is 1.81. The number of rotatable bonds is 9. The minimum absolute atomic E-state index is 0.00112. The van der Waals surface area contributed by atoms with Crippen LogP contribution in [0.25, 0.3) is 0 Å². The maximum Gasteiger partial charge on any atom is 0.294 e. The van der Waals surface area contributed by atoms with Gasteiger partial charge in [-0.2, -0.15) is 0 Å². The van der Waals surface area contributed by atoms with Gasteiger partial charge in [-0.15, -0.1) is 0 Å². The van der Waals surface area contributed by atoms with Crippen molar-refractivity contribution >= 4 is 17.4 Å². The van der Waals surface area contributed by atoms with Crippen LogP contribution in [0.3, 0.4) is 0 Å². The van der Waals surface area contributed by atoms with Gasteiger partial charge in [0, 0.05) is 12.5 Å². The first-order valence-electron chi connectivity index (χ1n) is 11.4. The molecule has 186 valence electrons. The zero-order valence-electron chi connectivity index (χ0n) is 19.8. The van der Waals surface area contributed by atoms with Crippen molar-refractivity contribution in [2.45, 2.75) is 25.8 Å². The van der Waals surface area contributed by atoms with E-state index in [1.807, 2.05) is 30.3 Å². The number of anilines is 1. The van der Waals surface area contributed by atoms with Crippen LogP contribution in [0.15, 0.2) is 78.1 Å². The van der Waals surface area contributed by atoms with Crippen molar-refractivity contribution in [1.29, 1.82) is 0 Å². The van der Waals surface area contributed by atoms with Crippen molar-refractivity contribution < 1.29 is 33.0 Å². The molecule has 3 aromatic carbocycles. The van der Waals surface area contributed by atoms with E-state index in [1.54, 1.807) is 25.1 Å². The highest BCUT2D eigenvalue weighted by Gasteiger charge is 2.45. The molecule has 1 aliphatic heterocycles. The van der Waals surface area contributed by atoms with Crippen molar-refractivity contribution in [2.75, 3.05) is 18.6 Å². The zero-order chi connectivity index (χ0) is 25.8. The number of ether oxygens (including phenoxy) is 2. The molecule has 0 aromatic heterocycles. The molecule has 1 amide bonds. The number of carbonyl (C=O) groups excluding carboxylic acids is 2. The van der Waals surface area contributed by atoms with E-state index in [1.165, 1.54) is 7.11 Å². The van der Waals surface area contributed by atoms with Gasteiger partial charge in [-0.3, -0.25) is 14.5 Å². The summed E-state index contributed by atoms with van der Waals surface area (Å²) in [5, 5.41) is 10.8. The maximum atomic E-state index is 14.8. The number of benzene rings is 3. The van der Waals surface area contributed by atoms with Gasteiger partial charge in [0.15, 0.2) is 23.0 Å². The van der Waals surface area contributed by atoms with Crippen molar-refractivity contribution in [3.8, 4) is 11.5 Å². The van der Waals surface area contributed by atoms with E-state index >= 15 is 0 Å². The number of aliphatic hydroxyl groups is 1. The van der Waals surface area contributed by atoms with Gasteiger partial charge in [0.25, 0.3) is 5.91 Å². The topological polar surface area (TPSA) is 76.1 Å². The normalized spacial score (nSPS) is 15.4. The van der Waals surface area contributed by atoms with Crippen LogP contribution in [-0.2, 0) is 16.0 Å². The van der Waals surface area contributed by atoms with Crippen LogP contribution in [0.4, 0.5) is 14.5 Å². The molecule has 1 unspecified atom stereocenters. The fourth-order valence-electron chi connectivity index (χ4n) is 4.29. The number of hydrogen-bond donors (Lipinski definition) is 1. The van der Waals surface area contributed by atoms with Gasteiger partial charge in [0.05, 0.1) is 31.0 Å². The van der Waals surface area contributed by atoms with Gasteiger partial charge in [0.2, 0.25) is 0 Å². The Labute approximate surface area is 207 Å². The summed E-state index contributed by atoms with van der Waals surface area (Å²) in [6, 6.07) is 15.5. The molecule has 0 bridgehead atoms. The van der Waals surface area contributed by atoms with E-state index in [9.17, 15) is 23.5 Å². The highest BCUT2D eigenvalue weighted by atomic mass is 19.1. The molecular weight excluding hydrogens is 468 g/mol. The smallest absolute Gasteiger partial charge is 0.294 e. The third-order valence-electron chi connectivity index (χ3n) is 5.96. The molecule has 8 heteroatoms. The molecule has 0 saturated heterocycles. The minimum atomic E-state index is -1.21. The van der Waals surface area contributed by atoms with Gasteiger partial charge >= 0.3 is 0 Å². The summed E-state index contributed by atoms with van der Waals surface area (Å²) in [5.41, 5.74) is 0.690. The van der Waals surface area contributed by atoms with E-state index < -0.39 is 40.8 Å². The number of aliphatic hydroxyl groups excluding tert-OH is 1. The Morgan fingerprint density at radius 1 is 1.03 bits per heavy atom. The summed E-state index contributed by atoms with van der Waals surface area (Å²) in [6.07, 6.45) is 0.375. The summed E-state index contributed by atoms with van der Waals surface area (Å²) in [7, 11) is 1.47. The Morgan fingerprint density at radius 2 is 1.78 bits per heavy atom. The molecular formula is C28H25F2NO5. The van der Waals surface area contributed by atoms with Gasteiger partial charge in [-0.25, -0.2) is 8.78 Å². The Morgan fingerprint density at radius 3 is 2.47 bits per heavy atom. The summed E-state index contributed by atoms with van der Waals surface area (Å²) in [4.78, 5) is 27.5. The maximum absolute atomic E-state index is 14.8. The highest BCUT2D eigenvalue weighted by Crippen LogP contribution is 2.44. The van der Waals surface area contributed by atoms with Crippen LogP contribution in [0, 0.1) is 11.6 Å². The van der Waals surface area contributed by atoms with E-state index in [0.717, 1.165) is 28.7 Å². The van der Waals surface area contributed by atoms with Crippen LogP contribution in [0.1, 0.15) is 30.5 Å². The van der Waals surface area contributed by atoms with Gasteiger partial charge < -0.3 is 14.6 Å². The first kappa shape index (κ1) is 24.9. The summed E-state index contributed by atoms with van der Waals surface area (Å²) in [6.45, 7) is 2.10. The molecule has 0 fully saturated rings. The number of methoxy groups -OCH3 is 1. The molecule has 36 heavy (non-hydrogen) atoms. The number of Topliss-reactive ketones (excluding diaryl/α,β-unsaturated/α-hetero) is 1. The van der Waals surface area contributed by atoms with Crippen LogP contribution in [0.5, 0.6) is 11.5 Å². The minimum Gasteiger partial charge on any atom is -0.503 e. The average Bonchev–Trinajstić information content (AvgIpc) is 3.15. The van der Waals surface area contributed by atoms with Crippen molar-refractivity contribution in [2.24, 2.45) is 0 Å². The number of amides is 1. The predicted molar refractivity (Wildman–Crippen MR) is 130 cm³/mol. The molecule has 1 heterocycles. The molecule has 0 radical (unpaired) electrons. The molecule has 4 rings (SSSR count). The first-order chi connectivity index (χ1) is 17.3. The van der Waals surface area contributed by atoms with Crippen LogP contribution >= 0.6 is 0 Å². The van der Waals surface area contributed by atoms with E-state index in [0.29, 0.717) is 30.1 Å². The summed E-state index contributed by atoms with van der Waals surface area (Å²) < 4.78 is 39.9. The van der Waals surface area contributed by atoms with Gasteiger partial charge in [-0.1, -0.05) is 36.4 Å². The first-order valence-corrected chi connectivity index (χ1v) is 11.4. The van der Waals surface area contributed by atoms with E-state index in [2.05, 4.69) is 0 Å². The molecule has 1 atom stereocenters. The predicted octanol–water partition coefficient (Wildman–Crippen LogP) is 5.47. The quantitative estimate of drug-likeness (QED) is 0.428. The zero-order valence-corrected chi connectivity index (χ0v) is 19.8. The second kappa shape index (κ2) is 10.6. The summed E-state index contributed by atoms with van der Waals surface area (Å²) >= 11 is 0. The van der Waals surface area contributed by atoms with Crippen molar-refractivity contribution in [1.82, 2.24) is 0 Å². The largest absolute Gasteiger partial charge is 0.503 e. The number of ketones is 1. The molecule has 6 nitrogen and oxygen atoms in total. The standard InChI is InChI=1S/C28H25F2NO5/c1-3-36-24-15-18(10-14-23(24)35-2)26-25(22(32)13-9-17-7-5-4-6-8-17)27(33)28(34)31(26)21-16-19(29)11-12-20(21)30/h4-8,10-12,14-16,26,33H,3,9,13H2,1-2H3. The highest BCUT2D eigenvalue weighted by molar-refractivity contribution is 6.16. The fraction of sp³-hybridized carbons (Fsp3) is 0.214. The molecule has 0 saturated carbocycles. The second-order valence-corrected chi connectivity index (χ2v) is 8.19. The second-order valence-electron chi connectivity index (χ2n) is 8.19. The van der Waals surface area contributed by atoms with Crippen molar-refractivity contribution in [3.05, 3.63) is 101 Å². The van der Waals surface area contributed by atoms with E-state index in [-0.39, 0.29) is 12.0 Å². The molecule has 3 aromatic rings. The monoisotopic (exact) mass is 493 g/mol. The van der Waals surface area contributed by atoms with Crippen LogP contribution in [-0.4, -0.2) is 30.5 Å². The number of carbonyl (C=O) groups is 2. The molecule has 0 aliphatic carbocycles. The number of aryl methyl sites for hydroxylation is 1. The Hall–Kier alpha value is -4.20. The SMILES string of the molecule is CCOc1cc(C2C(C(=O)CCc3ccccc3)=C(O)C(=O)N2c2cc(F)ccc2F)ccc1OC. The van der Waals surface area contributed by atoms with Crippen LogP contribution in [0.2, 0.25) is 0 Å².